The molecular formula is C49H73N5O13S. The number of hydrogen-bond donors (Lipinski definition) is 5. The fourth-order valence-corrected chi connectivity index (χ4v) is 9.78. The van der Waals surface area contributed by atoms with E-state index in [1.807, 2.05) is 69.0 Å². The van der Waals surface area contributed by atoms with E-state index in [4.69, 9.17) is 23.1 Å². The zero-order valence-electron chi connectivity index (χ0n) is 40.5. The number of ether oxygens (including phenoxy) is 4. The molecule has 2 aromatic rings. The van der Waals surface area contributed by atoms with E-state index in [1.165, 1.54) is 0 Å². The second-order valence-corrected chi connectivity index (χ2v) is 20.9. The molecule has 3 aliphatic rings. The molecule has 2 aromatic carbocycles. The van der Waals surface area contributed by atoms with Crippen LogP contribution in [0, 0.1) is 23.7 Å². The third-order valence-electron chi connectivity index (χ3n) is 13.0. The molecule has 2 aliphatic carbocycles. The maximum atomic E-state index is 14.7. The van der Waals surface area contributed by atoms with E-state index >= 15 is 0 Å². The molecule has 18 nitrogen and oxygen atoms in total. The Bertz CT molecular complexity index is 2090. The van der Waals surface area contributed by atoms with Crippen LogP contribution in [0.15, 0.2) is 60.7 Å². The van der Waals surface area contributed by atoms with Gasteiger partial charge < -0.3 is 45.3 Å². The minimum atomic E-state index is -4.24. The number of benzene rings is 2. The van der Waals surface area contributed by atoms with Crippen LogP contribution in [0.1, 0.15) is 65.0 Å². The molecule has 378 valence electrons. The smallest absolute Gasteiger partial charge is 0.269 e. The highest BCUT2D eigenvalue weighted by Crippen LogP contribution is 2.51. The number of ketones is 1. The van der Waals surface area contributed by atoms with Crippen molar-refractivity contribution in [2.45, 2.75) is 95.5 Å². The number of Topliss-reactive ketones (excluding diaryl/α,β-unsaturated/α-hetero) is 1. The summed E-state index contributed by atoms with van der Waals surface area (Å²) < 4.78 is 51.7. The summed E-state index contributed by atoms with van der Waals surface area (Å²) in [6, 6.07) is 16.4. The Morgan fingerprint density at radius 1 is 0.779 bits per heavy atom. The molecule has 5 N–H and O–H groups in total. The van der Waals surface area contributed by atoms with Crippen LogP contribution < -0.4 is 21.3 Å². The van der Waals surface area contributed by atoms with Gasteiger partial charge in [-0.15, -0.1) is 0 Å². The van der Waals surface area contributed by atoms with Crippen LogP contribution in [0.2, 0.25) is 0 Å². The summed E-state index contributed by atoms with van der Waals surface area (Å²) in [6.45, 7) is 11.1. The molecule has 0 radical (unpaired) electrons. The van der Waals surface area contributed by atoms with Crippen LogP contribution in [0.5, 0.6) is 0 Å². The number of carbonyl (C=O) groups is 5. The van der Waals surface area contributed by atoms with Crippen molar-refractivity contribution in [3.05, 3.63) is 71.8 Å². The van der Waals surface area contributed by atoms with Crippen LogP contribution in [0.3, 0.4) is 0 Å². The topological polar surface area (TPSA) is 237 Å². The van der Waals surface area contributed by atoms with Gasteiger partial charge in [0.1, 0.15) is 35.4 Å². The molecule has 2 saturated carbocycles. The monoisotopic (exact) mass is 971 g/mol. The van der Waals surface area contributed by atoms with Gasteiger partial charge in [-0.2, -0.15) is 8.42 Å². The molecule has 68 heavy (non-hydrogen) atoms. The van der Waals surface area contributed by atoms with E-state index in [2.05, 4.69) is 21.3 Å². The fraction of sp³-hybridized carbons (Fsp3) is 0.653. The molecule has 5 rings (SSSR count). The number of carbonyl (C=O) groups excluding carboxylic acids is 5. The van der Waals surface area contributed by atoms with Crippen LogP contribution >= 0.6 is 0 Å². The maximum Gasteiger partial charge on any atom is 0.269 e. The molecule has 1 heterocycles. The zero-order chi connectivity index (χ0) is 49.5. The normalized spacial score (nSPS) is 23.2. The highest BCUT2D eigenvalue weighted by atomic mass is 32.2. The van der Waals surface area contributed by atoms with E-state index in [1.54, 1.807) is 31.4 Å². The van der Waals surface area contributed by atoms with Crippen molar-refractivity contribution in [1.29, 1.82) is 0 Å². The van der Waals surface area contributed by atoms with E-state index in [-0.39, 0.29) is 75.7 Å². The molecule has 1 saturated heterocycles. The molecular weight excluding hydrogens is 899 g/mol. The van der Waals surface area contributed by atoms with E-state index in [9.17, 15) is 37.5 Å². The van der Waals surface area contributed by atoms with Gasteiger partial charge in [-0.1, -0.05) is 88.4 Å². The molecule has 7 atom stereocenters. The van der Waals surface area contributed by atoms with Gasteiger partial charge in [0, 0.05) is 26.6 Å². The highest BCUT2D eigenvalue weighted by molar-refractivity contribution is 7.86. The largest absolute Gasteiger partial charge is 0.382 e. The Balaban J connectivity index is 1.31. The lowest BCUT2D eigenvalue weighted by atomic mass is 9.89. The number of methoxy groups -OCH3 is 1. The van der Waals surface area contributed by atoms with Gasteiger partial charge in [0.15, 0.2) is 5.78 Å². The van der Waals surface area contributed by atoms with Gasteiger partial charge in [0.05, 0.1) is 58.5 Å². The number of aliphatic hydroxyl groups is 1. The van der Waals surface area contributed by atoms with Crippen molar-refractivity contribution < 1.29 is 60.6 Å². The summed E-state index contributed by atoms with van der Waals surface area (Å²) in [6.07, 6.45) is 1.20. The predicted octanol–water partition coefficient (Wildman–Crippen LogP) is 1.57. The minimum Gasteiger partial charge on any atom is -0.382 e. The molecule has 4 amide bonds. The van der Waals surface area contributed by atoms with Gasteiger partial charge in [-0.05, 0) is 67.4 Å². The quantitative estimate of drug-likeness (QED) is 0.0553. The van der Waals surface area contributed by atoms with E-state index in [0.29, 0.717) is 51.5 Å². The van der Waals surface area contributed by atoms with Crippen molar-refractivity contribution in [2.75, 3.05) is 85.4 Å². The number of rotatable bonds is 30. The van der Waals surface area contributed by atoms with Gasteiger partial charge in [0.25, 0.3) is 10.1 Å². The summed E-state index contributed by atoms with van der Waals surface area (Å²) >= 11 is 0. The lowest BCUT2D eigenvalue weighted by Gasteiger charge is -2.31. The zero-order valence-corrected chi connectivity index (χ0v) is 41.3. The maximum absolute atomic E-state index is 14.7. The third-order valence-corrected chi connectivity index (χ3v) is 14.2. The van der Waals surface area contributed by atoms with Gasteiger partial charge in [-0.25, -0.2) is 0 Å². The standard InChI is InChI=1S/C49H73N5O13S/c1-34(2)38-30-48(38,45(58)47(5,60)33-67-68(61,62)28-27-66-26-25-65-24-23-63-6)52-44(57)41(29-37-15-11-8-12-16-37)51-46(59)49(31-39(49)35(3)4)53-43(56)40(18-17-36-13-9-7-10-14-36)50-42(55)32-54-19-21-64-22-20-54/h7-16,34-35,38-41,60H,17-33H2,1-6H3,(H,50,55)(H,51,59)(H,52,57)(H,53,56)/t38-,39-,40-,41-,47?,48?,49?/m0/s1. The summed E-state index contributed by atoms with van der Waals surface area (Å²) in [5.41, 5.74) is -3.69. The number of aryl methyl sites for hydroxylation is 1. The summed E-state index contributed by atoms with van der Waals surface area (Å²) in [5, 5.41) is 23.3. The van der Waals surface area contributed by atoms with Gasteiger partial charge in [0.2, 0.25) is 23.6 Å². The average Bonchev–Trinajstić information content (AvgIpc) is 4.23. The summed E-state index contributed by atoms with van der Waals surface area (Å²) in [7, 11) is -2.70. The first kappa shape index (κ1) is 54.6. The minimum absolute atomic E-state index is 0.0157. The van der Waals surface area contributed by atoms with Crippen molar-refractivity contribution in [3.8, 4) is 0 Å². The fourth-order valence-electron chi connectivity index (χ4n) is 8.93. The lowest BCUT2D eigenvalue weighted by Crippen LogP contribution is -2.62. The van der Waals surface area contributed by atoms with Crippen molar-refractivity contribution in [1.82, 2.24) is 26.2 Å². The molecule has 3 unspecified atom stereocenters. The number of hydrogen-bond acceptors (Lipinski definition) is 14. The Hall–Kier alpha value is -4.34. The molecule has 1 aliphatic heterocycles. The van der Waals surface area contributed by atoms with E-state index in [0.717, 1.165) is 12.5 Å². The number of nitrogens with zero attached hydrogens (tertiary/aromatic N) is 1. The Morgan fingerprint density at radius 2 is 1.32 bits per heavy atom. The third kappa shape index (κ3) is 15.6. The Labute approximate surface area is 401 Å². The van der Waals surface area contributed by atoms with Crippen LogP contribution in [-0.2, 0) is 70.1 Å². The summed E-state index contributed by atoms with van der Waals surface area (Å²) in [4.78, 5) is 73.5. The number of amides is 4. The van der Waals surface area contributed by atoms with Crippen molar-refractivity contribution in [3.63, 3.8) is 0 Å². The van der Waals surface area contributed by atoms with Gasteiger partial charge in [-0.3, -0.25) is 33.1 Å². The van der Waals surface area contributed by atoms with Crippen LogP contribution in [-0.4, -0.2) is 162 Å². The SMILES string of the molecule is COCCOCCOCCS(=O)(=O)OCC(C)(O)C(=O)C1(NC(=O)[C@H](Cc2ccccc2)NC(=O)C2(NC(=O)[C@H](CCc3ccccc3)NC(=O)CN3CCOCC3)C[C@H]2C(C)C)C[C@H]1C(C)C. The average molecular weight is 972 g/mol. The Kier molecular flexibility index (Phi) is 20.1. The van der Waals surface area contributed by atoms with Gasteiger partial charge >= 0.3 is 0 Å². The molecule has 0 bridgehead atoms. The first-order valence-corrected chi connectivity index (χ1v) is 25.3. The molecule has 0 aromatic heterocycles. The van der Waals surface area contributed by atoms with Crippen molar-refractivity contribution in [2.24, 2.45) is 23.7 Å². The van der Waals surface area contributed by atoms with Crippen LogP contribution in [0.25, 0.3) is 0 Å². The molecule has 19 heteroatoms. The van der Waals surface area contributed by atoms with Crippen molar-refractivity contribution >= 4 is 39.5 Å². The first-order valence-electron chi connectivity index (χ1n) is 23.7. The predicted molar refractivity (Wildman–Crippen MR) is 253 cm³/mol. The first-order chi connectivity index (χ1) is 32.3. The highest BCUT2D eigenvalue weighted by Gasteiger charge is 2.66. The second kappa shape index (κ2) is 25.0. The molecule has 0 spiro atoms. The Morgan fingerprint density at radius 3 is 1.91 bits per heavy atom. The second-order valence-electron chi connectivity index (χ2n) is 19.1. The van der Waals surface area contributed by atoms with Crippen LogP contribution in [0.4, 0.5) is 0 Å². The summed E-state index contributed by atoms with van der Waals surface area (Å²) in [5.74, 6) is -4.43. The number of morpholine rings is 1. The van der Waals surface area contributed by atoms with E-state index < -0.39 is 80.7 Å². The number of nitrogens with one attached hydrogen (secondary N) is 4. The molecule has 3 fully saturated rings. The lowest BCUT2D eigenvalue weighted by molar-refractivity contribution is -0.145.